The van der Waals surface area contributed by atoms with E-state index in [0.717, 1.165) is 23.8 Å². The van der Waals surface area contributed by atoms with E-state index in [-0.39, 0.29) is 12.1 Å². The molecule has 0 bridgehead atoms. The molecule has 1 aliphatic rings. The molecule has 100 valence electrons. The molecule has 18 heavy (non-hydrogen) atoms. The number of rotatable bonds is 7. The monoisotopic (exact) mass is 249 g/mol. The van der Waals surface area contributed by atoms with Gasteiger partial charge in [-0.2, -0.15) is 0 Å². The van der Waals surface area contributed by atoms with Crippen LogP contribution in [0.4, 0.5) is 0 Å². The van der Waals surface area contributed by atoms with Crippen LogP contribution in [0.25, 0.3) is 0 Å². The Bertz CT molecular complexity index is 357. The smallest absolute Gasteiger partial charge is 0.118 e. The topological polar surface area (TPSA) is 44.5 Å². The number of methoxy groups -OCH3 is 1. The van der Waals surface area contributed by atoms with Crippen molar-refractivity contribution >= 4 is 0 Å². The molecule has 2 N–H and O–H groups in total. The van der Waals surface area contributed by atoms with Gasteiger partial charge in [0.1, 0.15) is 5.75 Å². The SMILES string of the molecule is COc1ccc(C(OCCC2CC2)C(C)N)cc1. The summed E-state index contributed by atoms with van der Waals surface area (Å²) in [5.74, 6) is 1.76. The Kier molecular flexibility index (Phi) is 4.61. The van der Waals surface area contributed by atoms with Gasteiger partial charge in [-0.3, -0.25) is 0 Å². The minimum atomic E-state index is -0.0188. The average molecular weight is 249 g/mol. The van der Waals surface area contributed by atoms with Gasteiger partial charge < -0.3 is 15.2 Å². The van der Waals surface area contributed by atoms with Gasteiger partial charge in [-0.25, -0.2) is 0 Å². The van der Waals surface area contributed by atoms with Crippen molar-refractivity contribution in [3.05, 3.63) is 29.8 Å². The maximum Gasteiger partial charge on any atom is 0.118 e. The standard InChI is InChI=1S/C15H23NO2/c1-11(16)15(18-10-9-12-3-4-12)13-5-7-14(17-2)8-6-13/h5-8,11-12,15H,3-4,9-10,16H2,1-2H3. The third kappa shape index (κ3) is 3.72. The molecule has 0 heterocycles. The van der Waals surface area contributed by atoms with E-state index in [2.05, 4.69) is 0 Å². The van der Waals surface area contributed by atoms with Gasteiger partial charge in [0.25, 0.3) is 0 Å². The molecule has 2 atom stereocenters. The van der Waals surface area contributed by atoms with Gasteiger partial charge >= 0.3 is 0 Å². The highest BCUT2D eigenvalue weighted by Gasteiger charge is 2.22. The fourth-order valence-electron chi connectivity index (χ4n) is 2.11. The molecule has 0 aliphatic heterocycles. The maximum atomic E-state index is 6.02. The van der Waals surface area contributed by atoms with Crippen LogP contribution in [0.2, 0.25) is 0 Å². The first kappa shape index (κ1) is 13.4. The van der Waals surface area contributed by atoms with Gasteiger partial charge in [0, 0.05) is 12.6 Å². The maximum absolute atomic E-state index is 6.02. The van der Waals surface area contributed by atoms with E-state index < -0.39 is 0 Å². The van der Waals surface area contributed by atoms with E-state index in [9.17, 15) is 0 Å². The molecule has 3 heteroatoms. The average Bonchev–Trinajstić information content (AvgIpc) is 3.18. The molecule has 2 unspecified atom stereocenters. The fraction of sp³-hybridized carbons (Fsp3) is 0.600. The molecule has 1 aliphatic carbocycles. The highest BCUT2D eigenvalue weighted by molar-refractivity contribution is 5.29. The van der Waals surface area contributed by atoms with Gasteiger partial charge in [0.05, 0.1) is 13.2 Å². The Morgan fingerprint density at radius 3 is 2.44 bits per heavy atom. The van der Waals surface area contributed by atoms with Crippen LogP contribution in [0.5, 0.6) is 5.75 Å². The largest absolute Gasteiger partial charge is 0.497 e. The van der Waals surface area contributed by atoms with Crippen LogP contribution >= 0.6 is 0 Å². The molecule has 1 aromatic carbocycles. The van der Waals surface area contributed by atoms with Crippen LogP contribution in [0.3, 0.4) is 0 Å². The second-order valence-corrected chi connectivity index (χ2v) is 5.16. The Labute approximate surface area is 109 Å². The van der Waals surface area contributed by atoms with Crippen molar-refractivity contribution < 1.29 is 9.47 Å². The second kappa shape index (κ2) is 6.21. The molecule has 1 saturated carbocycles. The van der Waals surface area contributed by atoms with Gasteiger partial charge in [-0.1, -0.05) is 25.0 Å². The van der Waals surface area contributed by atoms with Gasteiger partial charge in [-0.05, 0) is 37.0 Å². The zero-order chi connectivity index (χ0) is 13.0. The zero-order valence-electron chi connectivity index (χ0n) is 11.3. The van der Waals surface area contributed by atoms with E-state index in [4.69, 9.17) is 15.2 Å². The number of hydrogen-bond acceptors (Lipinski definition) is 3. The van der Waals surface area contributed by atoms with Crippen LogP contribution in [-0.2, 0) is 4.74 Å². The first-order valence-electron chi connectivity index (χ1n) is 6.72. The van der Waals surface area contributed by atoms with Crippen molar-refractivity contribution in [2.75, 3.05) is 13.7 Å². The number of nitrogens with two attached hydrogens (primary N) is 1. The van der Waals surface area contributed by atoms with E-state index in [1.165, 1.54) is 19.3 Å². The van der Waals surface area contributed by atoms with Crippen molar-refractivity contribution in [3.63, 3.8) is 0 Å². The third-order valence-electron chi connectivity index (χ3n) is 3.44. The van der Waals surface area contributed by atoms with E-state index in [1.807, 2.05) is 31.2 Å². The van der Waals surface area contributed by atoms with E-state index in [0.29, 0.717) is 0 Å². The molecule has 0 radical (unpaired) electrons. The molecule has 0 saturated heterocycles. The summed E-state index contributed by atoms with van der Waals surface area (Å²) in [5, 5.41) is 0. The molecule has 0 aromatic heterocycles. The summed E-state index contributed by atoms with van der Waals surface area (Å²) >= 11 is 0. The zero-order valence-corrected chi connectivity index (χ0v) is 11.3. The van der Waals surface area contributed by atoms with Crippen LogP contribution in [0, 0.1) is 5.92 Å². The van der Waals surface area contributed by atoms with Crippen molar-refractivity contribution in [1.29, 1.82) is 0 Å². The van der Waals surface area contributed by atoms with Crippen molar-refractivity contribution in [1.82, 2.24) is 0 Å². The summed E-state index contributed by atoms with van der Waals surface area (Å²) in [6.45, 7) is 2.80. The second-order valence-electron chi connectivity index (χ2n) is 5.16. The summed E-state index contributed by atoms with van der Waals surface area (Å²) in [6.07, 6.45) is 3.89. The van der Waals surface area contributed by atoms with Crippen LogP contribution in [-0.4, -0.2) is 19.8 Å². The molecule has 0 amide bonds. The number of benzene rings is 1. The molecular formula is C15H23NO2. The first-order valence-corrected chi connectivity index (χ1v) is 6.72. The minimum Gasteiger partial charge on any atom is -0.497 e. The molecule has 1 fully saturated rings. The normalized spacial score (nSPS) is 18.4. The lowest BCUT2D eigenvalue weighted by molar-refractivity contribution is 0.0346. The Morgan fingerprint density at radius 2 is 1.94 bits per heavy atom. The number of hydrogen-bond donors (Lipinski definition) is 1. The lowest BCUT2D eigenvalue weighted by Crippen LogP contribution is -2.27. The molecule has 3 nitrogen and oxygen atoms in total. The highest BCUT2D eigenvalue weighted by Crippen LogP contribution is 2.33. The fourth-order valence-corrected chi connectivity index (χ4v) is 2.11. The molecule has 2 rings (SSSR count). The van der Waals surface area contributed by atoms with Crippen molar-refractivity contribution in [2.24, 2.45) is 11.7 Å². The minimum absolute atomic E-state index is 0.00222. The summed E-state index contributed by atoms with van der Waals surface area (Å²) < 4.78 is 11.1. The van der Waals surface area contributed by atoms with Crippen LogP contribution < -0.4 is 10.5 Å². The lowest BCUT2D eigenvalue weighted by Gasteiger charge is -2.22. The highest BCUT2D eigenvalue weighted by atomic mass is 16.5. The summed E-state index contributed by atoms with van der Waals surface area (Å²) in [4.78, 5) is 0. The summed E-state index contributed by atoms with van der Waals surface area (Å²) in [5.41, 5.74) is 7.14. The van der Waals surface area contributed by atoms with Gasteiger partial charge in [0.2, 0.25) is 0 Å². The van der Waals surface area contributed by atoms with Gasteiger partial charge in [0.15, 0.2) is 0 Å². The predicted octanol–water partition coefficient (Wildman–Crippen LogP) is 2.90. The summed E-state index contributed by atoms with van der Waals surface area (Å²) in [6, 6.07) is 7.97. The van der Waals surface area contributed by atoms with Crippen molar-refractivity contribution in [2.45, 2.75) is 38.3 Å². The molecule has 0 spiro atoms. The Balaban J connectivity index is 1.93. The third-order valence-corrected chi connectivity index (χ3v) is 3.44. The Hall–Kier alpha value is -1.06. The van der Waals surface area contributed by atoms with Gasteiger partial charge in [-0.15, -0.1) is 0 Å². The first-order chi connectivity index (χ1) is 8.70. The van der Waals surface area contributed by atoms with Crippen LogP contribution in [0.1, 0.15) is 37.9 Å². The summed E-state index contributed by atoms with van der Waals surface area (Å²) in [7, 11) is 1.67. The molecule has 1 aromatic rings. The van der Waals surface area contributed by atoms with E-state index >= 15 is 0 Å². The lowest BCUT2D eigenvalue weighted by atomic mass is 10.0. The quantitative estimate of drug-likeness (QED) is 0.808. The van der Waals surface area contributed by atoms with Crippen LogP contribution in [0.15, 0.2) is 24.3 Å². The number of ether oxygens (including phenoxy) is 2. The Morgan fingerprint density at radius 1 is 1.28 bits per heavy atom. The van der Waals surface area contributed by atoms with E-state index in [1.54, 1.807) is 7.11 Å². The van der Waals surface area contributed by atoms with Crippen molar-refractivity contribution in [3.8, 4) is 5.75 Å². The predicted molar refractivity (Wildman–Crippen MR) is 72.7 cm³/mol. The molecular weight excluding hydrogens is 226 g/mol.